The minimum Gasteiger partial charge on any atom is -0.389 e. The van der Waals surface area contributed by atoms with Gasteiger partial charge in [-0.3, -0.25) is 14.9 Å². The number of carbonyl (C=O) groups excluding carboxylic acids is 2. The van der Waals surface area contributed by atoms with Crippen molar-refractivity contribution in [3.8, 4) is 0 Å². The zero-order valence-corrected chi connectivity index (χ0v) is 7.77. The molecule has 0 aromatic carbocycles. The maximum Gasteiger partial charge on any atom is 0.318 e. The van der Waals surface area contributed by atoms with E-state index in [0.717, 1.165) is 0 Å². The molecular formula is C7H13N3O4. The van der Waals surface area contributed by atoms with Crippen molar-refractivity contribution in [1.29, 1.82) is 0 Å². The highest BCUT2D eigenvalue weighted by Gasteiger charge is 2.30. The van der Waals surface area contributed by atoms with Gasteiger partial charge in [-0.25, -0.2) is 4.79 Å². The molecule has 1 heterocycles. The fraction of sp³-hybridized carbons (Fsp3) is 0.714. The van der Waals surface area contributed by atoms with Crippen LogP contribution in [0.4, 0.5) is 4.79 Å². The van der Waals surface area contributed by atoms with Gasteiger partial charge >= 0.3 is 6.03 Å². The van der Waals surface area contributed by atoms with Crippen molar-refractivity contribution in [2.24, 2.45) is 5.73 Å². The maximum atomic E-state index is 11.2. The summed E-state index contributed by atoms with van der Waals surface area (Å²) in [5, 5.41) is 12.4. The third-order valence-electron chi connectivity index (χ3n) is 1.88. The Kier molecular flexibility index (Phi) is 3.39. The number of imide groups is 1. The molecule has 1 aliphatic rings. The average molecular weight is 203 g/mol. The number of urea groups is 1. The number of aliphatic hydroxyl groups is 1. The van der Waals surface area contributed by atoms with Crippen LogP contribution in [0.3, 0.4) is 0 Å². The summed E-state index contributed by atoms with van der Waals surface area (Å²) in [7, 11) is 0. The minimum atomic E-state index is -0.901. The molecular weight excluding hydrogens is 190 g/mol. The second kappa shape index (κ2) is 4.36. The lowest BCUT2D eigenvalue weighted by Crippen LogP contribution is -2.47. The van der Waals surface area contributed by atoms with Crippen molar-refractivity contribution in [3.63, 3.8) is 0 Å². The summed E-state index contributed by atoms with van der Waals surface area (Å²) in [4.78, 5) is 26.6. The molecule has 0 aromatic rings. The lowest BCUT2D eigenvalue weighted by Gasteiger charge is -2.20. The molecule has 3 amide bonds. The standard InChI is InChI=1S/C7H13N3O4/c1-4(6(12)9-7(8)13)10-2-5(11)3-14-10/h4-5,11H,2-3H2,1H3,(H3,8,9,12,13)/t4?,5-/m1/s1. The third kappa shape index (κ3) is 2.66. The predicted molar refractivity (Wildman–Crippen MR) is 45.9 cm³/mol. The Bertz CT molecular complexity index is 245. The fourth-order valence-electron chi connectivity index (χ4n) is 1.12. The van der Waals surface area contributed by atoms with Crippen LogP contribution in [0.1, 0.15) is 6.92 Å². The van der Waals surface area contributed by atoms with Gasteiger partial charge in [0.05, 0.1) is 19.3 Å². The van der Waals surface area contributed by atoms with Crippen LogP contribution >= 0.6 is 0 Å². The minimum absolute atomic E-state index is 0.161. The Morgan fingerprint density at radius 3 is 2.79 bits per heavy atom. The maximum absolute atomic E-state index is 11.2. The summed E-state index contributed by atoms with van der Waals surface area (Å²) in [6.07, 6.45) is -0.598. The molecule has 0 saturated carbocycles. The summed E-state index contributed by atoms with van der Waals surface area (Å²) in [5.41, 5.74) is 4.78. The predicted octanol–water partition coefficient (Wildman–Crippen LogP) is -1.82. The Labute approximate surface area is 80.8 Å². The number of rotatable bonds is 2. The second-order valence-corrected chi connectivity index (χ2v) is 3.08. The van der Waals surface area contributed by atoms with Crippen molar-refractivity contribution >= 4 is 11.9 Å². The Morgan fingerprint density at radius 2 is 2.36 bits per heavy atom. The van der Waals surface area contributed by atoms with E-state index in [9.17, 15) is 9.59 Å². The van der Waals surface area contributed by atoms with Crippen LogP contribution in [0.25, 0.3) is 0 Å². The zero-order valence-electron chi connectivity index (χ0n) is 7.77. The van der Waals surface area contributed by atoms with E-state index in [4.69, 9.17) is 15.7 Å². The summed E-state index contributed by atoms with van der Waals surface area (Å²) >= 11 is 0. The molecule has 0 aromatic heterocycles. The average Bonchev–Trinajstić information content (AvgIpc) is 2.49. The van der Waals surface area contributed by atoms with Crippen molar-refractivity contribution in [2.45, 2.75) is 19.1 Å². The van der Waals surface area contributed by atoms with Crippen molar-refractivity contribution in [3.05, 3.63) is 0 Å². The van der Waals surface area contributed by atoms with Crippen LogP contribution < -0.4 is 11.1 Å². The van der Waals surface area contributed by atoms with Gasteiger partial charge in [-0.05, 0) is 6.92 Å². The number of aliphatic hydroxyl groups excluding tert-OH is 1. The van der Waals surface area contributed by atoms with Crippen LogP contribution in [0.2, 0.25) is 0 Å². The Hall–Kier alpha value is -1.18. The molecule has 4 N–H and O–H groups in total. The van der Waals surface area contributed by atoms with Crippen molar-refractivity contribution in [1.82, 2.24) is 10.4 Å². The molecule has 1 fully saturated rings. The molecule has 1 aliphatic heterocycles. The number of nitrogens with zero attached hydrogens (tertiary/aromatic N) is 1. The van der Waals surface area contributed by atoms with E-state index in [1.807, 2.05) is 5.32 Å². The molecule has 0 spiro atoms. The number of hydrogen-bond donors (Lipinski definition) is 3. The summed E-state index contributed by atoms with van der Waals surface area (Å²) in [5.74, 6) is -0.549. The fourth-order valence-corrected chi connectivity index (χ4v) is 1.12. The molecule has 0 radical (unpaired) electrons. The van der Waals surface area contributed by atoms with Gasteiger partial charge in [0.1, 0.15) is 6.04 Å². The van der Waals surface area contributed by atoms with Gasteiger partial charge in [0, 0.05) is 0 Å². The second-order valence-electron chi connectivity index (χ2n) is 3.08. The molecule has 1 rings (SSSR count). The number of primary amides is 1. The van der Waals surface area contributed by atoms with Crippen LogP contribution in [0.15, 0.2) is 0 Å². The monoisotopic (exact) mass is 203 g/mol. The Morgan fingerprint density at radius 1 is 1.71 bits per heavy atom. The van der Waals surface area contributed by atoms with E-state index in [0.29, 0.717) is 0 Å². The SMILES string of the molecule is CC(C(=O)NC(N)=O)N1C[C@@H](O)CO1. The van der Waals surface area contributed by atoms with E-state index in [-0.39, 0.29) is 13.2 Å². The van der Waals surface area contributed by atoms with Gasteiger partial charge in [-0.1, -0.05) is 0 Å². The first kappa shape index (κ1) is 10.9. The van der Waals surface area contributed by atoms with E-state index in [1.165, 1.54) is 5.06 Å². The normalized spacial score (nSPS) is 24.6. The van der Waals surface area contributed by atoms with Gasteiger partial charge in [-0.15, -0.1) is 0 Å². The number of carbonyl (C=O) groups is 2. The first-order valence-electron chi connectivity index (χ1n) is 4.18. The Balaban J connectivity index is 2.44. The van der Waals surface area contributed by atoms with Crippen LogP contribution in [0, 0.1) is 0 Å². The van der Waals surface area contributed by atoms with Gasteiger partial charge in [-0.2, -0.15) is 5.06 Å². The number of hydroxylamine groups is 2. The summed E-state index contributed by atoms with van der Waals surface area (Å²) in [6.45, 7) is 1.96. The van der Waals surface area contributed by atoms with Gasteiger partial charge in [0.2, 0.25) is 5.91 Å². The molecule has 2 atom stereocenters. The first-order valence-corrected chi connectivity index (χ1v) is 4.18. The quantitative estimate of drug-likeness (QED) is 0.490. The molecule has 0 aliphatic carbocycles. The highest BCUT2D eigenvalue weighted by molar-refractivity contribution is 5.96. The molecule has 7 heteroatoms. The first-order chi connectivity index (χ1) is 6.50. The number of nitrogens with two attached hydrogens (primary N) is 1. The van der Waals surface area contributed by atoms with Crippen molar-refractivity contribution in [2.75, 3.05) is 13.2 Å². The van der Waals surface area contributed by atoms with Crippen molar-refractivity contribution < 1.29 is 19.5 Å². The number of nitrogens with one attached hydrogen (secondary N) is 1. The summed E-state index contributed by atoms with van der Waals surface area (Å²) in [6, 6.07) is -1.55. The smallest absolute Gasteiger partial charge is 0.318 e. The van der Waals surface area contributed by atoms with Crippen LogP contribution in [-0.4, -0.2) is 47.4 Å². The molecule has 14 heavy (non-hydrogen) atoms. The molecule has 1 unspecified atom stereocenters. The van der Waals surface area contributed by atoms with Crippen LogP contribution in [0.5, 0.6) is 0 Å². The van der Waals surface area contributed by atoms with E-state index in [2.05, 4.69) is 0 Å². The van der Waals surface area contributed by atoms with Gasteiger partial charge in [0.15, 0.2) is 0 Å². The number of β-amino-alcohol motifs (C(OH)–C–C–N with tert-alkyl or cyclic N) is 1. The third-order valence-corrected chi connectivity index (χ3v) is 1.88. The highest BCUT2D eigenvalue weighted by Crippen LogP contribution is 2.09. The lowest BCUT2D eigenvalue weighted by atomic mass is 10.3. The van der Waals surface area contributed by atoms with Gasteiger partial charge < -0.3 is 10.8 Å². The van der Waals surface area contributed by atoms with E-state index in [1.54, 1.807) is 6.92 Å². The van der Waals surface area contributed by atoms with Gasteiger partial charge in [0.25, 0.3) is 0 Å². The molecule has 0 bridgehead atoms. The number of hydrogen-bond acceptors (Lipinski definition) is 5. The van der Waals surface area contributed by atoms with E-state index >= 15 is 0 Å². The molecule has 1 saturated heterocycles. The van der Waals surface area contributed by atoms with E-state index < -0.39 is 24.1 Å². The molecule has 80 valence electrons. The highest BCUT2D eigenvalue weighted by atomic mass is 16.7. The topological polar surface area (TPSA) is 105 Å². The lowest BCUT2D eigenvalue weighted by molar-refractivity contribution is -0.157. The molecule has 7 nitrogen and oxygen atoms in total. The number of amides is 3. The largest absolute Gasteiger partial charge is 0.389 e. The zero-order chi connectivity index (χ0) is 10.7. The van der Waals surface area contributed by atoms with Crippen LogP contribution in [-0.2, 0) is 9.63 Å². The summed E-state index contributed by atoms with van der Waals surface area (Å²) < 4.78 is 0.